The van der Waals surface area contributed by atoms with Crippen molar-refractivity contribution in [3.8, 4) is 17.2 Å². The number of Topliss-reactive ketones (excluding diaryl/α,β-unsaturated/α-hetero) is 1. The molecule has 2 aromatic rings. The number of carboxylic acids is 2. The molecule has 1 unspecified atom stereocenters. The van der Waals surface area contributed by atoms with Gasteiger partial charge in [-0.1, -0.05) is 18.2 Å². The Balaban J connectivity index is 1.64. The van der Waals surface area contributed by atoms with Gasteiger partial charge in [0.25, 0.3) is 5.91 Å². The van der Waals surface area contributed by atoms with Crippen molar-refractivity contribution in [2.45, 2.75) is 18.9 Å². The molecule has 2 aromatic carbocycles. The van der Waals surface area contributed by atoms with Crippen molar-refractivity contribution in [3.63, 3.8) is 0 Å². The van der Waals surface area contributed by atoms with Crippen molar-refractivity contribution in [2.75, 3.05) is 13.7 Å². The van der Waals surface area contributed by atoms with Crippen LogP contribution < -0.4 is 19.5 Å². The van der Waals surface area contributed by atoms with Crippen LogP contribution in [0.5, 0.6) is 17.2 Å². The Morgan fingerprint density at radius 1 is 1.15 bits per heavy atom. The summed E-state index contributed by atoms with van der Waals surface area (Å²) in [7, 11) is 1.52. The average molecular weight is 455 g/mol. The zero-order valence-electron chi connectivity index (χ0n) is 17.6. The average Bonchev–Trinajstić information content (AvgIpc) is 3.09. The lowest BCUT2D eigenvalue weighted by molar-refractivity contribution is -0.143. The van der Waals surface area contributed by atoms with Crippen LogP contribution in [0.2, 0.25) is 0 Å². The molecule has 1 aliphatic rings. The van der Waals surface area contributed by atoms with Crippen LogP contribution in [0.4, 0.5) is 0 Å². The van der Waals surface area contributed by atoms with Gasteiger partial charge in [0.2, 0.25) is 5.78 Å². The predicted octanol–water partition coefficient (Wildman–Crippen LogP) is 2.12. The van der Waals surface area contributed by atoms with Gasteiger partial charge in [0.05, 0.1) is 12.7 Å². The fraction of sp³-hybridized carbons (Fsp3) is 0.217. The van der Waals surface area contributed by atoms with Gasteiger partial charge in [0, 0.05) is 18.1 Å². The molecule has 1 heterocycles. The van der Waals surface area contributed by atoms with Crippen LogP contribution in [0.25, 0.3) is 6.08 Å². The van der Waals surface area contributed by atoms with E-state index in [0.717, 1.165) is 0 Å². The second-order valence-electron chi connectivity index (χ2n) is 7.02. The molecule has 1 amide bonds. The van der Waals surface area contributed by atoms with Gasteiger partial charge in [-0.2, -0.15) is 0 Å². The highest BCUT2D eigenvalue weighted by Crippen LogP contribution is 2.35. The predicted molar refractivity (Wildman–Crippen MR) is 114 cm³/mol. The first-order valence-corrected chi connectivity index (χ1v) is 9.86. The van der Waals surface area contributed by atoms with Gasteiger partial charge in [0.15, 0.2) is 12.4 Å². The van der Waals surface area contributed by atoms with Gasteiger partial charge in [-0.3, -0.25) is 14.4 Å². The quantitative estimate of drug-likeness (QED) is 0.458. The minimum absolute atomic E-state index is 0.104. The number of carbonyl (C=O) groups is 4. The first kappa shape index (κ1) is 23.3. The number of amides is 1. The van der Waals surface area contributed by atoms with E-state index in [-0.39, 0.29) is 29.5 Å². The van der Waals surface area contributed by atoms with E-state index in [9.17, 15) is 19.2 Å². The number of hydrogen-bond acceptors (Lipinski definition) is 7. The van der Waals surface area contributed by atoms with E-state index in [4.69, 9.17) is 24.4 Å². The number of aliphatic carboxylic acids is 2. The summed E-state index contributed by atoms with van der Waals surface area (Å²) >= 11 is 0. The Labute approximate surface area is 188 Å². The van der Waals surface area contributed by atoms with Crippen LogP contribution in [0.15, 0.2) is 48.2 Å². The Morgan fingerprint density at radius 3 is 2.61 bits per heavy atom. The van der Waals surface area contributed by atoms with Gasteiger partial charge in [-0.15, -0.1) is 0 Å². The fourth-order valence-electron chi connectivity index (χ4n) is 3.09. The Hall–Kier alpha value is -4.34. The first-order chi connectivity index (χ1) is 15.8. The second-order valence-corrected chi connectivity index (χ2v) is 7.02. The van der Waals surface area contributed by atoms with Crippen LogP contribution in [0.1, 0.15) is 28.8 Å². The number of rotatable bonds is 10. The Kier molecular flexibility index (Phi) is 7.29. The van der Waals surface area contributed by atoms with Crippen LogP contribution >= 0.6 is 0 Å². The molecule has 0 bridgehead atoms. The number of allylic oxidation sites excluding steroid dienone is 1. The molecule has 0 aromatic heterocycles. The third kappa shape index (κ3) is 5.88. The van der Waals surface area contributed by atoms with Crippen molar-refractivity contribution in [1.29, 1.82) is 0 Å². The molecule has 3 N–H and O–H groups in total. The summed E-state index contributed by atoms with van der Waals surface area (Å²) in [5.74, 6) is -2.40. The number of benzene rings is 2. The summed E-state index contributed by atoms with van der Waals surface area (Å²) in [5, 5.41) is 20.0. The van der Waals surface area contributed by atoms with Gasteiger partial charge < -0.3 is 29.7 Å². The maximum atomic E-state index is 12.6. The number of methoxy groups -OCH3 is 1. The number of fused-ring (bicyclic) bond motifs is 1. The molecule has 172 valence electrons. The highest BCUT2D eigenvalue weighted by atomic mass is 16.5. The molecule has 10 nitrogen and oxygen atoms in total. The number of ether oxygens (including phenoxy) is 3. The molecule has 0 fully saturated rings. The summed E-state index contributed by atoms with van der Waals surface area (Å²) in [5.41, 5.74) is 0.993. The normalized spacial score (nSPS) is 14.2. The van der Waals surface area contributed by atoms with E-state index in [2.05, 4.69) is 5.32 Å². The molecule has 1 aliphatic heterocycles. The molecule has 0 saturated carbocycles. The molecule has 0 saturated heterocycles. The van der Waals surface area contributed by atoms with Crippen LogP contribution in [-0.2, 0) is 14.4 Å². The third-order valence-corrected chi connectivity index (χ3v) is 4.72. The van der Waals surface area contributed by atoms with Crippen molar-refractivity contribution in [2.24, 2.45) is 0 Å². The number of hydrogen-bond donors (Lipinski definition) is 3. The smallest absolute Gasteiger partial charge is 0.326 e. The van der Waals surface area contributed by atoms with Crippen molar-refractivity contribution in [1.82, 2.24) is 5.32 Å². The minimum atomic E-state index is -1.35. The molecule has 0 spiro atoms. The topological polar surface area (TPSA) is 148 Å². The van der Waals surface area contributed by atoms with Gasteiger partial charge in [-0.05, 0) is 30.7 Å². The lowest BCUT2D eigenvalue weighted by Gasteiger charge is -2.14. The summed E-state index contributed by atoms with van der Waals surface area (Å²) < 4.78 is 16.3. The highest BCUT2D eigenvalue weighted by molar-refractivity contribution is 6.14. The lowest BCUT2D eigenvalue weighted by Crippen LogP contribution is -2.43. The zero-order chi connectivity index (χ0) is 24.0. The summed E-state index contributed by atoms with van der Waals surface area (Å²) in [6.45, 7) is -0.506. The van der Waals surface area contributed by atoms with E-state index >= 15 is 0 Å². The summed E-state index contributed by atoms with van der Waals surface area (Å²) in [6, 6.07) is 10.2. The van der Waals surface area contributed by atoms with Gasteiger partial charge in [0.1, 0.15) is 23.3 Å². The Bertz CT molecular complexity index is 1120. The van der Waals surface area contributed by atoms with E-state index in [0.29, 0.717) is 16.9 Å². The fourth-order valence-corrected chi connectivity index (χ4v) is 3.09. The third-order valence-electron chi connectivity index (χ3n) is 4.72. The van der Waals surface area contributed by atoms with E-state index in [1.165, 1.54) is 25.3 Å². The monoisotopic (exact) mass is 455 g/mol. The molecule has 33 heavy (non-hydrogen) atoms. The van der Waals surface area contributed by atoms with Gasteiger partial charge in [-0.25, -0.2) is 4.79 Å². The van der Waals surface area contributed by atoms with Crippen molar-refractivity contribution < 1.29 is 43.6 Å². The number of ketones is 1. The number of carboxylic acid groups (broad SMARTS) is 2. The maximum absolute atomic E-state index is 12.6. The maximum Gasteiger partial charge on any atom is 0.326 e. The number of carbonyl (C=O) groups excluding carboxylic acids is 2. The molecule has 1 atom stereocenters. The SMILES string of the molecule is COc1ccccc1C=C1Oc2cc(OCC(=O)NC(CCC(=O)O)C(=O)O)ccc2C1=O. The first-order valence-electron chi connectivity index (χ1n) is 9.86. The lowest BCUT2D eigenvalue weighted by atomic mass is 10.1. The summed E-state index contributed by atoms with van der Waals surface area (Å²) in [4.78, 5) is 46.5. The minimum Gasteiger partial charge on any atom is -0.496 e. The molecule has 0 aliphatic carbocycles. The number of nitrogens with one attached hydrogen (secondary N) is 1. The largest absolute Gasteiger partial charge is 0.496 e. The van der Waals surface area contributed by atoms with E-state index in [1.807, 2.05) is 0 Å². The molecule has 0 radical (unpaired) electrons. The van der Waals surface area contributed by atoms with Crippen LogP contribution in [0, 0.1) is 0 Å². The number of para-hydroxylation sites is 1. The van der Waals surface area contributed by atoms with Gasteiger partial charge >= 0.3 is 11.9 Å². The van der Waals surface area contributed by atoms with Crippen LogP contribution in [0.3, 0.4) is 0 Å². The van der Waals surface area contributed by atoms with Crippen molar-refractivity contribution >= 4 is 29.7 Å². The zero-order valence-corrected chi connectivity index (χ0v) is 17.6. The standard InChI is InChI=1S/C23H21NO9/c1-31-17-5-3-2-4-13(17)10-19-22(28)15-7-6-14(11-18(15)33-19)32-12-20(25)24-16(23(29)30)8-9-21(26)27/h2-7,10-11,16H,8-9,12H2,1H3,(H,24,25)(H,26,27)(H,29,30). The van der Waals surface area contributed by atoms with E-state index in [1.54, 1.807) is 30.3 Å². The molecule has 3 rings (SSSR count). The summed E-state index contributed by atoms with van der Waals surface area (Å²) in [6.07, 6.45) is 0.907. The molecule has 10 heteroatoms. The molecular formula is C23H21NO9. The molecular weight excluding hydrogens is 434 g/mol. The van der Waals surface area contributed by atoms with Crippen molar-refractivity contribution in [3.05, 3.63) is 59.4 Å². The van der Waals surface area contributed by atoms with Crippen LogP contribution in [-0.4, -0.2) is 53.6 Å². The second kappa shape index (κ2) is 10.3. The van der Waals surface area contributed by atoms with E-state index < -0.39 is 36.9 Å². The highest BCUT2D eigenvalue weighted by Gasteiger charge is 2.28. The Morgan fingerprint density at radius 2 is 1.91 bits per heavy atom.